The van der Waals surface area contributed by atoms with Crippen LogP contribution in [-0.4, -0.2) is 27.4 Å². The van der Waals surface area contributed by atoms with Gasteiger partial charge >= 0.3 is 0 Å². The van der Waals surface area contributed by atoms with Gasteiger partial charge in [-0.3, -0.25) is 0 Å². The van der Waals surface area contributed by atoms with Crippen LogP contribution < -0.4 is 0 Å². The third kappa shape index (κ3) is 4.21. The largest absolute Gasteiger partial charge is 0.384 e. The number of ether oxygens (including phenoxy) is 2. The van der Waals surface area contributed by atoms with Gasteiger partial charge in [-0.25, -0.2) is 0 Å². The lowest BCUT2D eigenvalue weighted by Gasteiger charge is -2.42. The smallest absolute Gasteiger partial charge is 0.0543 e. The zero-order valence-corrected chi connectivity index (χ0v) is 13.7. The zero-order valence-electron chi connectivity index (χ0n) is 13.7. The summed E-state index contributed by atoms with van der Waals surface area (Å²) >= 11 is 0. The highest BCUT2D eigenvalue weighted by Crippen LogP contribution is 2.44. The molecule has 0 bridgehead atoms. The molecule has 0 aromatic heterocycles. The minimum atomic E-state index is 0.284. The highest BCUT2D eigenvalue weighted by molar-refractivity contribution is 4.89. The quantitative estimate of drug-likeness (QED) is 0.635. The van der Waals surface area contributed by atoms with E-state index in [-0.39, 0.29) is 5.41 Å². The first kappa shape index (κ1) is 16.3. The van der Waals surface area contributed by atoms with Crippen molar-refractivity contribution in [3.63, 3.8) is 0 Å². The first-order valence-corrected chi connectivity index (χ1v) is 8.78. The zero-order chi connectivity index (χ0) is 14.3. The van der Waals surface area contributed by atoms with Crippen molar-refractivity contribution in [1.82, 2.24) is 0 Å². The van der Waals surface area contributed by atoms with Crippen LogP contribution in [0.15, 0.2) is 0 Å². The molecular weight excluding hydrogens is 248 g/mol. The van der Waals surface area contributed by atoms with E-state index in [1.807, 2.05) is 14.2 Å². The molecule has 20 heavy (non-hydrogen) atoms. The molecule has 2 aliphatic rings. The molecule has 2 heteroatoms. The van der Waals surface area contributed by atoms with Gasteiger partial charge in [-0.15, -0.1) is 0 Å². The molecule has 0 aromatic carbocycles. The molecule has 2 fully saturated rings. The number of rotatable bonds is 8. The Kier molecular flexibility index (Phi) is 6.83. The van der Waals surface area contributed by atoms with E-state index in [2.05, 4.69) is 0 Å². The molecule has 0 aliphatic heterocycles. The van der Waals surface area contributed by atoms with Crippen molar-refractivity contribution in [2.75, 3.05) is 27.4 Å². The normalized spacial score (nSPS) is 22.5. The van der Waals surface area contributed by atoms with E-state index < -0.39 is 0 Å². The summed E-state index contributed by atoms with van der Waals surface area (Å²) < 4.78 is 11.3. The van der Waals surface area contributed by atoms with Crippen LogP contribution in [-0.2, 0) is 9.47 Å². The third-order valence-electron chi connectivity index (χ3n) is 5.86. The molecule has 0 heterocycles. The Hall–Kier alpha value is -0.0800. The third-order valence-corrected chi connectivity index (χ3v) is 5.86. The molecule has 0 unspecified atom stereocenters. The van der Waals surface area contributed by atoms with Crippen LogP contribution in [0, 0.1) is 17.3 Å². The Morgan fingerprint density at radius 3 is 1.90 bits per heavy atom. The summed E-state index contributed by atoms with van der Waals surface area (Å²) in [6.45, 7) is 1.77. The molecule has 118 valence electrons. The van der Waals surface area contributed by atoms with E-state index in [0.29, 0.717) is 0 Å². The molecule has 0 radical (unpaired) electrons. The maximum atomic E-state index is 5.65. The van der Waals surface area contributed by atoms with E-state index in [1.54, 1.807) is 0 Å². The van der Waals surface area contributed by atoms with E-state index in [4.69, 9.17) is 9.47 Å². The second kappa shape index (κ2) is 8.38. The maximum Gasteiger partial charge on any atom is 0.0543 e. The summed E-state index contributed by atoms with van der Waals surface area (Å²) in [5, 5.41) is 0. The van der Waals surface area contributed by atoms with Gasteiger partial charge < -0.3 is 9.47 Å². The van der Waals surface area contributed by atoms with Crippen LogP contribution in [0.25, 0.3) is 0 Å². The summed E-state index contributed by atoms with van der Waals surface area (Å²) in [6.07, 6.45) is 15.5. The summed E-state index contributed by atoms with van der Waals surface area (Å²) in [6, 6.07) is 0. The first-order chi connectivity index (χ1) is 9.80. The summed E-state index contributed by atoms with van der Waals surface area (Å²) in [5.74, 6) is 1.80. The second-order valence-corrected chi connectivity index (χ2v) is 7.25. The van der Waals surface area contributed by atoms with Gasteiger partial charge in [-0.2, -0.15) is 0 Å². The van der Waals surface area contributed by atoms with Gasteiger partial charge in [0.05, 0.1) is 13.2 Å². The molecule has 0 amide bonds. The molecule has 2 nitrogen and oxygen atoms in total. The number of hydrogen-bond acceptors (Lipinski definition) is 2. The van der Waals surface area contributed by atoms with Gasteiger partial charge in [0.15, 0.2) is 0 Å². The molecule has 0 spiro atoms. The standard InChI is InChI=1S/C18H34O2/c1-19-14-18(15-20-2,17-10-4-3-5-11-17)13-12-16-8-6-7-9-16/h16-17H,3-15H2,1-2H3. The molecule has 2 aliphatic carbocycles. The Labute approximate surface area is 125 Å². The van der Waals surface area contributed by atoms with Crippen molar-refractivity contribution in [3.05, 3.63) is 0 Å². The molecule has 0 aromatic rings. The fraction of sp³-hybridized carbons (Fsp3) is 1.00. The second-order valence-electron chi connectivity index (χ2n) is 7.25. The van der Waals surface area contributed by atoms with Gasteiger partial charge in [0.1, 0.15) is 0 Å². The molecule has 0 N–H and O–H groups in total. The highest BCUT2D eigenvalue weighted by atomic mass is 16.5. The van der Waals surface area contributed by atoms with Crippen molar-refractivity contribution >= 4 is 0 Å². The summed E-state index contributed by atoms with van der Waals surface area (Å²) in [5.41, 5.74) is 0.284. The SMILES string of the molecule is COCC(CCC1CCCC1)(COC)C1CCCCC1. The van der Waals surface area contributed by atoms with Crippen molar-refractivity contribution in [2.45, 2.75) is 70.6 Å². The number of methoxy groups -OCH3 is 2. The van der Waals surface area contributed by atoms with Crippen molar-refractivity contribution in [2.24, 2.45) is 17.3 Å². The Balaban J connectivity index is 1.98. The van der Waals surface area contributed by atoms with Gasteiger partial charge in [0.2, 0.25) is 0 Å². The Bertz CT molecular complexity index is 246. The monoisotopic (exact) mass is 282 g/mol. The average Bonchev–Trinajstić information content (AvgIpc) is 2.99. The van der Waals surface area contributed by atoms with Crippen LogP contribution in [0.1, 0.15) is 70.6 Å². The van der Waals surface area contributed by atoms with Crippen molar-refractivity contribution in [3.8, 4) is 0 Å². The lowest BCUT2D eigenvalue weighted by molar-refractivity contribution is -0.0495. The maximum absolute atomic E-state index is 5.65. The first-order valence-electron chi connectivity index (χ1n) is 8.78. The number of hydrogen-bond donors (Lipinski definition) is 0. The van der Waals surface area contributed by atoms with Gasteiger partial charge in [-0.05, 0) is 37.5 Å². The van der Waals surface area contributed by atoms with E-state index in [0.717, 1.165) is 25.0 Å². The van der Waals surface area contributed by atoms with E-state index in [1.165, 1.54) is 70.6 Å². The lowest BCUT2D eigenvalue weighted by Crippen LogP contribution is -2.40. The van der Waals surface area contributed by atoms with Gasteiger partial charge in [-0.1, -0.05) is 44.9 Å². The Morgan fingerprint density at radius 1 is 0.800 bits per heavy atom. The molecule has 2 saturated carbocycles. The lowest BCUT2D eigenvalue weighted by atomic mass is 9.66. The topological polar surface area (TPSA) is 18.5 Å². The summed E-state index contributed by atoms with van der Waals surface area (Å²) in [4.78, 5) is 0. The summed E-state index contributed by atoms with van der Waals surface area (Å²) in [7, 11) is 3.73. The molecule has 0 atom stereocenters. The fourth-order valence-corrected chi connectivity index (χ4v) is 4.71. The van der Waals surface area contributed by atoms with Crippen LogP contribution in [0.4, 0.5) is 0 Å². The fourth-order valence-electron chi connectivity index (χ4n) is 4.71. The Morgan fingerprint density at radius 2 is 1.35 bits per heavy atom. The van der Waals surface area contributed by atoms with Crippen molar-refractivity contribution in [1.29, 1.82) is 0 Å². The van der Waals surface area contributed by atoms with E-state index >= 15 is 0 Å². The average molecular weight is 282 g/mol. The van der Waals surface area contributed by atoms with Gasteiger partial charge in [0.25, 0.3) is 0 Å². The van der Waals surface area contributed by atoms with Gasteiger partial charge in [0, 0.05) is 19.6 Å². The molecular formula is C18H34O2. The van der Waals surface area contributed by atoms with Crippen molar-refractivity contribution < 1.29 is 9.47 Å². The van der Waals surface area contributed by atoms with Crippen LogP contribution in [0.3, 0.4) is 0 Å². The predicted octanol–water partition coefficient (Wildman–Crippen LogP) is 4.82. The van der Waals surface area contributed by atoms with Crippen LogP contribution >= 0.6 is 0 Å². The predicted molar refractivity (Wildman–Crippen MR) is 84.0 cm³/mol. The van der Waals surface area contributed by atoms with Crippen LogP contribution in [0.2, 0.25) is 0 Å². The highest BCUT2D eigenvalue weighted by Gasteiger charge is 2.39. The molecule has 0 saturated heterocycles. The minimum absolute atomic E-state index is 0.284. The van der Waals surface area contributed by atoms with E-state index in [9.17, 15) is 0 Å². The van der Waals surface area contributed by atoms with Crippen LogP contribution in [0.5, 0.6) is 0 Å². The minimum Gasteiger partial charge on any atom is -0.384 e. The molecule has 2 rings (SSSR count).